The van der Waals surface area contributed by atoms with Crippen molar-refractivity contribution < 1.29 is 41.0 Å². The zero-order valence-electron chi connectivity index (χ0n) is 16.8. The molecule has 0 saturated carbocycles. The standard InChI is InChI=1S/C19H25F6NO3/c1-6-29-15(27)9-26-16-13(10(2)3)7-12(8-14(16)11(4)5)17(28,18(20,21)22)19(23,24)25/h7-8,10-11,26,28H,6,9H2,1-5H3. The predicted molar refractivity (Wildman–Crippen MR) is 95.7 cm³/mol. The number of anilines is 1. The Labute approximate surface area is 165 Å². The van der Waals surface area contributed by atoms with Gasteiger partial charge in [0.25, 0.3) is 5.60 Å². The van der Waals surface area contributed by atoms with Crippen LogP contribution in [0.3, 0.4) is 0 Å². The van der Waals surface area contributed by atoms with E-state index in [9.17, 15) is 36.2 Å². The van der Waals surface area contributed by atoms with Gasteiger partial charge in [0.15, 0.2) is 0 Å². The van der Waals surface area contributed by atoms with Gasteiger partial charge < -0.3 is 15.2 Å². The van der Waals surface area contributed by atoms with Crippen LogP contribution in [0.15, 0.2) is 12.1 Å². The average Bonchev–Trinajstić information content (AvgIpc) is 2.56. The Hall–Kier alpha value is -1.97. The van der Waals surface area contributed by atoms with Crippen LogP contribution in [0.2, 0.25) is 0 Å². The monoisotopic (exact) mass is 429 g/mol. The highest BCUT2D eigenvalue weighted by atomic mass is 19.4. The van der Waals surface area contributed by atoms with E-state index < -0.39 is 41.3 Å². The van der Waals surface area contributed by atoms with Crippen LogP contribution in [0, 0.1) is 0 Å². The van der Waals surface area contributed by atoms with E-state index in [0.717, 1.165) is 0 Å². The van der Waals surface area contributed by atoms with Gasteiger partial charge in [-0.15, -0.1) is 0 Å². The summed E-state index contributed by atoms with van der Waals surface area (Å²) >= 11 is 0. The Morgan fingerprint density at radius 1 is 1.00 bits per heavy atom. The molecule has 1 aromatic rings. The van der Waals surface area contributed by atoms with Crippen molar-refractivity contribution in [1.29, 1.82) is 0 Å². The summed E-state index contributed by atoms with van der Waals surface area (Å²) in [5.74, 6) is -1.62. The Morgan fingerprint density at radius 3 is 1.72 bits per heavy atom. The lowest BCUT2D eigenvalue weighted by Crippen LogP contribution is -2.54. The number of benzene rings is 1. The van der Waals surface area contributed by atoms with Gasteiger partial charge in [-0.2, -0.15) is 26.3 Å². The van der Waals surface area contributed by atoms with E-state index in [1.807, 2.05) is 0 Å². The quantitative estimate of drug-likeness (QED) is 0.461. The number of alkyl halides is 6. The van der Waals surface area contributed by atoms with E-state index in [1.54, 1.807) is 34.6 Å². The average molecular weight is 429 g/mol. The highest BCUT2D eigenvalue weighted by Crippen LogP contribution is 2.51. The number of carbonyl (C=O) groups excluding carboxylic acids is 1. The van der Waals surface area contributed by atoms with Crippen molar-refractivity contribution in [1.82, 2.24) is 0 Å². The molecule has 0 fully saturated rings. The van der Waals surface area contributed by atoms with Crippen LogP contribution in [0.1, 0.15) is 63.1 Å². The van der Waals surface area contributed by atoms with Gasteiger partial charge in [0.1, 0.15) is 6.54 Å². The third kappa shape index (κ3) is 5.15. The second-order valence-electron chi connectivity index (χ2n) is 7.20. The summed E-state index contributed by atoms with van der Waals surface area (Å²) in [4.78, 5) is 11.6. The van der Waals surface area contributed by atoms with E-state index in [1.165, 1.54) is 0 Å². The van der Waals surface area contributed by atoms with E-state index in [4.69, 9.17) is 4.74 Å². The number of hydrogen-bond acceptors (Lipinski definition) is 4. The summed E-state index contributed by atoms with van der Waals surface area (Å²) in [7, 11) is 0. The first kappa shape index (κ1) is 25.1. The van der Waals surface area contributed by atoms with E-state index in [0.29, 0.717) is 12.1 Å². The first-order valence-corrected chi connectivity index (χ1v) is 9.01. The van der Waals surface area contributed by atoms with Crippen molar-refractivity contribution in [2.75, 3.05) is 18.5 Å². The summed E-state index contributed by atoms with van der Waals surface area (Å²) in [6.07, 6.45) is -12.0. The molecule has 0 saturated heterocycles. The molecule has 0 spiro atoms. The second-order valence-corrected chi connectivity index (χ2v) is 7.20. The van der Waals surface area contributed by atoms with E-state index in [-0.39, 0.29) is 30.0 Å². The Kier molecular flexibility index (Phi) is 7.61. The first-order chi connectivity index (χ1) is 13.1. The van der Waals surface area contributed by atoms with Crippen LogP contribution in [0.25, 0.3) is 0 Å². The normalized spacial score (nSPS) is 13.2. The minimum Gasteiger partial charge on any atom is -0.465 e. The van der Waals surface area contributed by atoms with Crippen molar-refractivity contribution in [3.05, 3.63) is 28.8 Å². The lowest BCUT2D eigenvalue weighted by Gasteiger charge is -2.34. The summed E-state index contributed by atoms with van der Waals surface area (Å²) in [5, 5.41) is 12.6. The predicted octanol–water partition coefficient (Wildman–Crippen LogP) is 5.22. The molecule has 4 nitrogen and oxygen atoms in total. The maximum absolute atomic E-state index is 13.3. The molecular formula is C19H25F6NO3. The molecular weight excluding hydrogens is 404 g/mol. The van der Waals surface area contributed by atoms with Crippen molar-refractivity contribution in [3.63, 3.8) is 0 Å². The van der Waals surface area contributed by atoms with Crippen molar-refractivity contribution in [2.24, 2.45) is 0 Å². The molecule has 2 N–H and O–H groups in total. The molecule has 0 heterocycles. The molecule has 166 valence electrons. The van der Waals surface area contributed by atoms with Crippen LogP contribution < -0.4 is 5.32 Å². The van der Waals surface area contributed by atoms with Gasteiger partial charge in [0, 0.05) is 11.3 Å². The molecule has 1 rings (SSSR count). The Bertz CT molecular complexity index is 683. The van der Waals surface area contributed by atoms with Gasteiger partial charge >= 0.3 is 18.3 Å². The minimum absolute atomic E-state index is 0.113. The molecule has 0 aromatic heterocycles. The topological polar surface area (TPSA) is 58.6 Å². The number of esters is 1. The number of hydrogen-bond donors (Lipinski definition) is 2. The lowest BCUT2D eigenvalue weighted by molar-refractivity contribution is -0.376. The van der Waals surface area contributed by atoms with Gasteiger partial charge in [0.05, 0.1) is 6.61 Å². The third-order valence-electron chi connectivity index (χ3n) is 4.40. The first-order valence-electron chi connectivity index (χ1n) is 9.01. The fourth-order valence-corrected chi connectivity index (χ4v) is 2.87. The minimum atomic E-state index is -5.98. The molecule has 0 radical (unpaired) electrons. The Balaban J connectivity index is 3.72. The highest BCUT2D eigenvalue weighted by molar-refractivity contribution is 5.76. The van der Waals surface area contributed by atoms with E-state index >= 15 is 0 Å². The van der Waals surface area contributed by atoms with E-state index in [2.05, 4.69) is 5.32 Å². The third-order valence-corrected chi connectivity index (χ3v) is 4.40. The summed E-state index contributed by atoms with van der Waals surface area (Å²) in [6.45, 7) is 7.74. The fraction of sp³-hybridized carbons (Fsp3) is 0.632. The maximum atomic E-state index is 13.3. The van der Waals surface area contributed by atoms with Crippen LogP contribution in [-0.2, 0) is 15.1 Å². The van der Waals surface area contributed by atoms with Gasteiger partial charge in [0.2, 0.25) is 0 Å². The number of rotatable bonds is 7. The van der Waals surface area contributed by atoms with Crippen LogP contribution in [0.4, 0.5) is 32.0 Å². The maximum Gasteiger partial charge on any atom is 0.430 e. The molecule has 0 amide bonds. The smallest absolute Gasteiger partial charge is 0.430 e. The number of ether oxygens (including phenoxy) is 1. The number of halogens is 6. The van der Waals surface area contributed by atoms with Crippen LogP contribution >= 0.6 is 0 Å². The second kappa shape index (κ2) is 8.81. The summed E-state index contributed by atoms with van der Waals surface area (Å²) in [6, 6.07) is 1.37. The van der Waals surface area contributed by atoms with Gasteiger partial charge in [-0.25, -0.2) is 0 Å². The molecule has 0 unspecified atom stereocenters. The van der Waals surface area contributed by atoms with Crippen LogP contribution in [0.5, 0.6) is 0 Å². The Morgan fingerprint density at radius 2 is 1.41 bits per heavy atom. The van der Waals surface area contributed by atoms with Gasteiger partial charge in [-0.3, -0.25) is 4.79 Å². The summed E-state index contributed by atoms with van der Waals surface area (Å²) < 4.78 is 84.9. The van der Waals surface area contributed by atoms with Gasteiger partial charge in [-0.1, -0.05) is 27.7 Å². The van der Waals surface area contributed by atoms with Gasteiger partial charge in [-0.05, 0) is 42.0 Å². The molecule has 0 atom stereocenters. The number of carbonyl (C=O) groups is 1. The zero-order valence-corrected chi connectivity index (χ0v) is 16.8. The van der Waals surface area contributed by atoms with Crippen LogP contribution in [-0.4, -0.2) is 36.6 Å². The SMILES string of the molecule is CCOC(=O)CNc1c(C(C)C)cc(C(O)(C(F)(F)F)C(F)(F)F)cc1C(C)C. The highest BCUT2D eigenvalue weighted by Gasteiger charge is 2.71. The molecule has 0 aliphatic rings. The molecule has 10 heteroatoms. The molecule has 0 aliphatic carbocycles. The fourth-order valence-electron chi connectivity index (χ4n) is 2.87. The molecule has 1 aromatic carbocycles. The number of aliphatic hydroxyl groups is 1. The summed E-state index contributed by atoms with van der Waals surface area (Å²) in [5.41, 5.74) is -5.86. The van der Waals surface area contributed by atoms with Crippen molar-refractivity contribution in [3.8, 4) is 0 Å². The van der Waals surface area contributed by atoms with Crippen molar-refractivity contribution in [2.45, 2.75) is 64.4 Å². The molecule has 29 heavy (non-hydrogen) atoms. The lowest BCUT2D eigenvalue weighted by atomic mass is 9.83. The molecule has 0 bridgehead atoms. The largest absolute Gasteiger partial charge is 0.465 e. The zero-order chi connectivity index (χ0) is 22.8. The molecule has 0 aliphatic heterocycles. The van der Waals surface area contributed by atoms with Crippen molar-refractivity contribution >= 4 is 11.7 Å². The number of nitrogens with one attached hydrogen (secondary N) is 1.